The first-order valence-corrected chi connectivity index (χ1v) is 10.5. The van der Waals surface area contributed by atoms with Crippen LogP contribution in [0.4, 0.5) is 10.1 Å². The van der Waals surface area contributed by atoms with Crippen LogP contribution in [-0.2, 0) is 11.3 Å². The number of nitrogens with zero attached hydrogens (tertiary/aromatic N) is 3. The second-order valence-electron chi connectivity index (χ2n) is 7.68. The van der Waals surface area contributed by atoms with Crippen molar-refractivity contribution in [3.05, 3.63) is 86.5 Å². The summed E-state index contributed by atoms with van der Waals surface area (Å²) in [4.78, 5) is 30.2. The van der Waals surface area contributed by atoms with Crippen molar-refractivity contribution in [2.45, 2.75) is 27.3 Å². The van der Waals surface area contributed by atoms with E-state index in [2.05, 4.69) is 15.5 Å². The summed E-state index contributed by atoms with van der Waals surface area (Å²) in [5, 5.41) is 7.20. The summed E-state index contributed by atoms with van der Waals surface area (Å²) in [5.41, 5.74) is 2.99. The third kappa shape index (κ3) is 4.70. The summed E-state index contributed by atoms with van der Waals surface area (Å²) in [6, 6.07) is 12.6. The lowest BCUT2D eigenvalue weighted by molar-refractivity contribution is -0.116. The van der Waals surface area contributed by atoms with Crippen LogP contribution in [0.2, 0.25) is 5.02 Å². The summed E-state index contributed by atoms with van der Waals surface area (Å²) in [6.07, 6.45) is 0. The first-order valence-electron chi connectivity index (χ1n) is 10.1. The molecule has 0 saturated heterocycles. The highest BCUT2D eigenvalue weighted by molar-refractivity contribution is 6.31. The van der Waals surface area contributed by atoms with Gasteiger partial charge in [0.1, 0.15) is 17.9 Å². The molecule has 7 nitrogen and oxygen atoms in total. The molecular formula is C24H20ClFN4O3. The monoisotopic (exact) mass is 466 g/mol. The van der Waals surface area contributed by atoms with Crippen molar-refractivity contribution in [1.29, 1.82) is 0 Å². The second-order valence-corrected chi connectivity index (χ2v) is 8.08. The lowest BCUT2D eigenvalue weighted by atomic mass is 10.1. The fourth-order valence-electron chi connectivity index (χ4n) is 3.44. The van der Waals surface area contributed by atoms with E-state index in [-0.39, 0.29) is 35.5 Å². The average molecular weight is 467 g/mol. The maximum Gasteiger partial charge on any atom is 0.264 e. The van der Waals surface area contributed by atoms with E-state index in [0.717, 1.165) is 5.56 Å². The van der Waals surface area contributed by atoms with Crippen LogP contribution in [0.25, 0.3) is 22.8 Å². The fraction of sp³-hybridized carbons (Fsp3) is 0.167. The summed E-state index contributed by atoms with van der Waals surface area (Å²) in [6.45, 7) is 5.16. The third-order valence-corrected chi connectivity index (χ3v) is 5.61. The number of amides is 1. The van der Waals surface area contributed by atoms with E-state index in [1.165, 1.54) is 28.8 Å². The first-order chi connectivity index (χ1) is 15.7. The third-order valence-electron chi connectivity index (χ3n) is 5.20. The van der Waals surface area contributed by atoms with Gasteiger partial charge in [-0.3, -0.25) is 9.59 Å². The Bertz CT molecular complexity index is 1410. The standard InChI is InChI=1S/C24H20ClFN4O3/c1-13-4-9-18(11-19(13)25)27-20(31)12-30-15(3)10-14(2)21(24(30)32)23-28-22(29-33-23)16-5-7-17(26)8-6-16/h4-11H,12H2,1-3H3,(H,27,31). The van der Waals surface area contributed by atoms with Gasteiger partial charge in [0.15, 0.2) is 0 Å². The Morgan fingerprint density at radius 2 is 1.82 bits per heavy atom. The average Bonchev–Trinajstić information content (AvgIpc) is 3.24. The molecule has 0 saturated carbocycles. The van der Waals surface area contributed by atoms with E-state index in [0.29, 0.717) is 27.5 Å². The number of nitrogens with one attached hydrogen (secondary N) is 1. The number of hydrogen-bond acceptors (Lipinski definition) is 5. The van der Waals surface area contributed by atoms with E-state index in [1.807, 2.05) is 6.92 Å². The topological polar surface area (TPSA) is 90.0 Å². The minimum absolute atomic E-state index is 0.0244. The van der Waals surface area contributed by atoms with Crippen LogP contribution in [0.3, 0.4) is 0 Å². The molecule has 0 radical (unpaired) electrons. The Labute approximate surface area is 193 Å². The highest BCUT2D eigenvalue weighted by Crippen LogP contribution is 2.24. The highest BCUT2D eigenvalue weighted by Gasteiger charge is 2.20. The quantitative estimate of drug-likeness (QED) is 0.450. The van der Waals surface area contributed by atoms with Crippen LogP contribution < -0.4 is 10.9 Å². The molecule has 0 fully saturated rings. The zero-order valence-corrected chi connectivity index (χ0v) is 18.9. The number of rotatable bonds is 5. The van der Waals surface area contributed by atoms with Crippen molar-refractivity contribution in [2.24, 2.45) is 0 Å². The Hall–Kier alpha value is -3.78. The molecule has 0 aliphatic heterocycles. The molecule has 0 aliphatic rings. The number of hydrogen-bond donors (Lipinski definition) is 1. The molecule has 4 rings (SSSR count). The molecule has 9 heteroatoms. The largest absolute Gasteiger partial charge is 0.333 e. The number of carbonyl (C=O) groups excluding carboxylic acids is 1. The van der Waals surface area contributed by atoms with Gasteiger partial charge in [0.2, 0.25) is 11.7 Å². The SMILES string of the molecule is Cc1ccc(NC(=O)Cn2c(C)cc(C)c(-c3nc(-c4ccc(F)cc4)no3)c2=O)cc1Cl. The Balaban J connectivity index is 1.64. The fourth-order valence-corrected chi connectivity index (χ4v) is 3.62. The van der Waals surface area contributed by atoms with Crippen LogP contribution in [0, 0.1) is 26.6 Å². The van der Waals surface area contributed by atoms with Crippen LogP contribution in [0.15, 0.2) is 57.8 Å². The first kappa shape index (κ1) is 22.4. The molecular weight excluding hydrogens is 447 g/mol. The van der Waals surface area contributed by atoms with Crippen LogP contribution in [0.1, 0.15) is 16.8 Å². The summed E-state index contributed by atoms with van der Waals surface area (Å²) in [7, 11) is 0. The lowest BCUT2D eigenvalue weighted by Gasteiger charge is -2.13. The zero-order chi connectivity index (χ0) is 23.7. The summed E-state index contributed by atoms with van der Waals surface area (Å²) >= 11 is 6.12. The van der Waals surface area contributed by atoms with Crippen molar-refractivity contribution < 1.29 is 13.7 Å². The maximum atomic E-state index is 13.3. The molecule has 0 bridgehead atoms. The molecule has 168 valence electrons. The van der Waals surface area contributed by atoms with Crippen molar-refractivity contribution >= 4 is 23.2 Å². The molecule has 2 aromatic carbocycles. The van der Waals surface area contributed by atoms with Gasteiger partial charge in [-0.25, -0.2) is 4.39 Å². The number of carbonyl (C=O) groups is 1. The van der Waals surface area contributed by atoms with Gasteiger partial charge in [-0.1, -0.05) is 22.8 Å². The molecule has 2 aromatic heterocycles. The minimum Gasteiger partial charge on any atom is -0.333 e. The number of pyridine rings is 1. The molecule has 1 N–H and O–H groups in total. The van der Waals surface area contributed by atoms with E-state index in [4.69, 9.17) is 16.1 Å². The minimum atomic E-state index is -0.432. The van der Waals surface area contributed by atoms with Gasteiger partial charge in [0.25, 0.3) is 11.4 Å². The van der Waals surface area contributed by atoms with E-state index < -0.39 is 5.56 Å². The van der Waals surface area contributed by atoms with Crippen molar-refractivity contribution in [3.8, 4) is 22.8 Å². The lowest BCUT2D eigenvalue weighted by Crippen LogP contribution is -2.30. The number of aryl methyl sites for hydroxylation is 3. The number of halogens is 2. The molecule has 0 unspecified atom stereocenters. The van der Waals surface area contributed by atoms with Gasteiger partial charge in [-0.2, -0.15) is 4.98 Å². The van der Waals surface area contributed by atoms with Crippen molar-refractivity contribution in [1.82, 2.24) is 14.7 Å². The molecule has 4 aromatic rings. The molecule has 1 amide bonds. The van der Waals surface area contributed by atoms with E-state index in [9.17, 15) is 14.0 Å². The number of benzene rings is 2. The highest BCUT2D eigenvalue weighted by atomic mass is 35.5. The molecule has 2 heterocycles. The van der Waals surface area contributed by atoms with Crippen molar-refractivity contribution in [3.63, 3.8) is 0 Å². The van der Waals surface area contributed by atoms with Gasteiger partial charge in [0.05, 0.1) is 0 Å². The van der Waals surface area contributed by atoms with E-state index >= 15 is 0 Å². The normalized spacial score (nSPS) is 10.9. The van der Waals surface area contributed by atoms with Gasteiger partial charge in [0, 0.05) is 22.0 Å². The second kappa shape index (κ2) is 8.99. The van der Waals surface area contributed by atoms with Gasteiger partial charge in [-0.05, 0) is 74.4 Å². The van der Waals surface area contributed by atoms with Crippen molar-refractivity contribution in [2.75, 3.05) is 5.32 Å². The van der Waals surface area contributed by atoms with Crippen LogP contribution >= 0.6 is 11.6 Å². The summed E-state index contributed by atoms with van der Waals surface area (Å²) < 4.78 is 19.9. The van der Waals surface area contributed by atoms with Gasteiger partial charge < -0.3 is 14.4 Å². The molecule has 0 spiro atoms. The summed E-state index contributed by atoms with van der Waals surface area (Å²) in [5.74, 6) is -0.514. The van der Waals surface area contributed by atoms with E-state index in [1.54, 1.807) is 38.1 Å². The van der Waals surface area contributed by atoms with Gasteiger partial charge >= 0.3 is 0 Å². The smallest absolute Gasteiger partial charge is 0.264 e. The Morgan fingerprint density at radius 1 is 1.09 bits per heavy atom. The molecule has 33 heavy (non-hydrogen) atoms. The van der Waals surface area contributed by atoms with Gasteiger partial charge in [-0.15, -0.1) is 0 Å². The Morgan fingerprint density at radius 3 is 2.52 bits per heavy atom. The maximum absolute atomic E-state index is 13.3. The van der Waals surface area contributed by atoms with Crippen LogP contribution in [-0.4, -0.2) is 20.6 Å². The molecule has 0 atom stereocenters. The predicted octanol–water partition coefficient (Wildman–Crippen LogP) is 4.92. The Kier molecular flexibility index (Phi) is 6.11. The molecule has 0 aliphatic carbocycles. The number of anilines is 1. The predicted molar refractivity (Wildman–Crippen MR) is 124 cm³/mol. The van der Waals surface area contributed by atoms with Crippen LogP contribution in [0.5, 0.6) is 0 Å². The number of aromatic nitrogens is 3. The zero-order valence-electron chi connectivity index (χ0n) is 18.1.